The van der Waals surface area contributed by atoms with Crippen LogP contribution in [0, 0.1) is 5.92 Å². The Morgan fingerprint density at radius 2 is 1.53 bits per heavy atom. The number of rotatable bonds is 13. The SMILES string of the molecule is CCCCCCCCCCC=CCC(CC)C(=O)O. The highest BCUT2D eigenvalue weighted by atomic mass is 16.4. The molecule has 0 rings (SSSR count). The minimum absolute atomic E-state index is 0.199. The summed E-state index contributed by atoms with van der Waals surface area (Å²) in [5.41, 5.74) is 0. The van der Waals surface area contributed by atoms with Crippen molar-refractivity contribution in [2.24, 2.45) is 5.92 Å². The van der Waals surface area contributed by atoms with E-state index in [9.17, 15) is 4.79 Å². The van der Waals surface area contributed by atoms with E-state index in [1.165, 1.54) is 51.4 Å². The van der Waals surface area contributed by atoms with Crippen molar-refractivity contribution in [3.05, 3.63) is 12.2 Å². The van der Waals surface area contributed by atoms with Crippen molar-refractivity contribution in [3.8, 4) is 0 Å². The van der Waals surface area contributed by atoms with Crippen LogP contribution in [-0.2, 0) is 4.79 Å². The number of allylic oxidation sites excluding steroid dienone is 2. The summed E-state index contributed by atoms with van der Waals surface area (Å²) in [7, 11) is 0. The summed E-state index contributed by atoms with van der Waals surface area (Å²) < 4.78 is 0. The molecule has 0 aromatic rings. The van der Waals surface area contributed by atoms with Crippen LogP contribution in [0.15, 0.2) is 12.2 Å². The highest BCUT2D eigenvalue weighted by molar-refractivity contribution is 5.70. The Morgan fingerprint density at radius 1 is 0.947 bits per heavy atom. The first kappa shape index (κ1) is 18.2. The number of carboxylic acid groups (broad SMARTS) is 1. The monoisotopic (exact) mass is 268 g/mol. The van der Waals surface area contributed by atoms with Gasteiger partial charge in [0.25, 0.3) is 0 Å². The largest absolute Gasteiger partial charge is 0.481 e. The topological polar surface area (TPSA) is 37.3 Å². The average Bonchev–Trinajstić information content (AvgIpc) is 2.40. The van der Waals surface area contributed by atoms with Crippen LogP contribution in [-0.4, -0.2) is 11.1 Å². The highest BCUT2D eigenvalue weighted by Gasteiger charge is 2.11. The Hall–Kier alpha value is -0.790. The molecule has 2 heteroatoms. The molecule has 0 saturated carbocycles. The van der Waals surface area contributed by atoms with Crippen LogP contribution in [0.4, 0.5) is 0 Å². The minimum Gasteiger partial charge on any atom is -0.481 e. The van der Waals surface area contributed by atoms with Gasteiger partial charge >= 0.3 is 5.97 Å². The quantitative estimate of drug-likeness (QED) is 0.350. The number of carboxylic acids is 1. The summed E-state index contributed by atoms with van der Waals surface area (Å²) in [4.78, 5) is 10.8. The van der Waals surface area contributed by atoms with E-state index in [2.05, 4.69) is 13.0 Å². The van der Waals surface area contributed by atoms with Crippen LogP contribution in [0.2, 0.25) is 0 Å². The van der Waals surface area contributed by atoms with Crippen LogP contribution < -0.4 is 0 Å². The van der Waals surface area contributed by atoms with Crippen molar-refractivity contribution >= 4 is 5.97 Å². The van der Waals surface area contributed by atoms with Gasteiger partial charge in [0, 0.05) is 0 Å². The standard InChI is InChI=1S/C17H32O2/c1-3-5-6-7-8-9-10-11-12-13-14-15-16(4-2)17(18)19/h13-14,16H,3-12,15H2,1-2H3,(H,18,19). The van der Waals surface area contributed by atoms with Gasteiger partial charge in [0.05, 0.1) is 5.92 Å². The van der Waals surface area contributed by atoms with Crippen molar-refractivity contribution in [1.82, 2.24) is 0 Å². The number of aliphatic carboxylic acids is 1. The van der Waals surface area contributed by atoms with Crippen molar-refractivity contribution in [2.45, 2.75) is 84.5 Å². The van der Waals surface area contributed by atoms with Gasteiger partial charge < -0.3 is 5.11 Å². The maximum atomic E-state index is 10.8. The zero-order valence-electron chi connectivity index (χ0n) is 12.9. The smallest absolute Gasteiger partial charge is 0.306 e. The maximum absolute atomic E-state index is 10.8. The predicted octanol–water partition coefficient (Wildman–Crippen LogP) is 5.57. The molecule has 0 radical (unpaired) electrons. The molecule has 1 atom stereocenters. The van der Waals surface area contributed by atoms with E-state index in [1.54, 1.807) is 0 Å². The van der Waals surface area contributed by atoms with Gasteiger partial charge in [-0.25, -0.2) is 0 Å². The second-order valence-electron chi connectivity index (χ2n) is 5.41. The van der Waals surface area contributed by atoms with Crippen LogP contribution >= 0.6 is 0 Å². The summed E-state index contributed by atoms with van der Waals surface area (Å²) in [5, 5.41) is 8.90. The van der Waals surface area contributed by atoms with Gasteiger partial charge in [0.15, 0.2) is 0 Å². The van der Waals surface area contributed by atoms with E-state index < -0.39 is 5.97 Å². The van der Waals surface area contributed by atoms with Crippen molar-refractivity contribution < 1.29 is 9.90 Å². The first-order chi connectivity index (χ1) is 9.22. The Balaban J connectivity index is 3.32. The van der Waals surface area contributed by atoms with Crippen LogP contribution in [0.1, 0.15) is 84.5 Å². The van der Waals surface area contributed by atoms with E-state index >= 15 is 0 Å². The zero-order valence-corrected chi connectivity index (χ0v) is 12.9. The zero-order chi connectivity index (χ0) is 14.3. The second kappa shape index (κ2) is 13.6. The molecular formula is C17H32O2. The molecule has 112 valence electrons. The molecular weight excluding hydrogens is 236 g/mol. The van der Waals surface area contributed by atoms with Gasteiger partial charge in [-0.05, 0) is 25.7 Å². The molecule has 1 N–H and O–H groups in total. The molecule has 1 unspecified atom stereocenters. The molecule has 0 spiro atoms. The summed E-state index contributed by atoms with van der Waals surface area (Å²) in [5.74, 6) is -0.867. The van der Waals surface area contributed by atoms with Crippen molar-refractivity contribution in [1.29, 1.82) is 0 Å². The van der Waals surface area contributed by atoms with Crippen LogP contribution in [0.25, 0.3) is 0 Å². The number of carbonyl (C=O) groups is 1. The maximum Gasteiger partial charge on any atom is 0.306 e. The molecule has 0 saturated heterocycles. The lowest BCUT2D eigenvalue weighted by Crippen LogP contribution is -2.11. The van der Waals surface area contributed by atoms with E-state index in [-0.39, 0.29) is 5.92 Å². The first-order valence-electron chi connectivity index (χ1n) is 8.10. The third-order valence-electron chi connectivity index (χ3n) is 3.65. The predicted molar refractivity (Wildman–Crippen MR) is 82.4 cm³/mol. The summed E-state index contributed by atoms with van der Waals surface area (Å²) in [6.45, 7) is 4.19. The Bertz CT molecular complexity index is 233. The normalized spacial score (nSPS) is 12.9. The molecule has 0 aromatic heterocycles. The van der Waals surface area contributed by atoms with Gasteiger partial charge in [-0.15, -0.1) is 0 Å². The molecule has 0 fully saturated rings. The fourth-order valence-electron chi connectivity index (χ4n) is 2.22. The third kappa shape index (κ3) is 12.0. The Kier molecular flexibility index (Phi) is 13.1. The second-order valence-corrected chi connectivity index (χ2v) is 5.41. The van der Waals surface area contributed by atoms with Gasteiger partial charge in [0.1, 0.15) is 0 Å². The van der Waals surface area contributed by atoms with Gasteiger partial charge in [-0.2, -0.15) is 0 Å². The molecule has 19 heavy (non-hydrogen) atoms. The number of hydrogen-bond acceptors (Lipinski definition) is 1. The lowest BCUT2D eigenvalue weighted by molar-refractivity contribution is -0.141. The Morgan fingerprint density at radius 3 is 2.05 bits per heavy atom. The van der Waals surface area contributed by atoms with E-state index in [4.69, 9.17) is 5.11 Å². The van der Waals surface area contributed by atoms with E-state index in [0.29, 0.717) is 6.42 Å². The molecule has 0 bridgehead atoms. The van der Waals surface area contributed by atoms with E-state index in [0.717, 1.165) is 12.8 Å². The van der Waals surface area contributed by atoms with Crippen molar-refractivity contribution in [2.75, 3.05) is 0 Å². The van der Waals surface area contributed by atoms with Gasteiger partial charge in [0.2, 0.25) is 0 Å². The lowest BCUT2D eigenvalue weighted by atomic mass is 10.0. The molecule has 0 aliphatic heterocycles. The molecule has 0 amide bonds. The lowest BCUT2D eigenvalue weighted by Gasteiger charge is -2.04. The number of hydrogen-bond donors (Lipinski definition) is 1. The molecule has 0 heterocycles. The highest BCUT2D eigenvalue weighted by Crippen LogP contribution is 2.11. The molecule has 2 nitrogen and oxygen atoms in total. The number of unbranched alkanes of at least 4 members (excludes halogenated alkanes) is 8. The summed E-state index contributed by atoms with van der Waals surface area (Å²) in [6, 6.07) is 0. The molecule has 0 aromatic carbocycles. The third-order valence-corrected chi connectivity index (χ3v) is 3.65. The van der Waals surface area contributed by atoms with E-state index in [1.807, 2.05) is 13.0 Å². The summed E-state index contributed by atoms with van der Waals surface area (Å²) in [6.07, 6.45) is 17.5. The fraction of sp³-hybridized carbons (Fsp3) is 0.824. The average molecular weight is 268 g/mol. The molecule has 0 aliphatic carbocycles. The van der Waals surface area contributed by atoms with Crippen LogP contribution in [0.5, 0.6) is 0 Å². The molecule has 0 aliphatic rings. The first-order valence-corrected chi connectivity index (χ1v) is 8.10. The summed E-state index contributed by atoms with van der Waals surface area (Å²) >= 11 is 0. The van der Waals surface area contributed by atoms with Crippen LogP contribution in [0.3, 0.4) is 0 Å². The van der Waals surface area contributed by atoms with Crippen molar-refractivity contribution in [3.63, 3.8) is 0 Å². The Labute approximate surface area is 119 Å². The van der Waals surface area contributed by atoms with Gasteiger partial charge in [-0.3, -0.25) is 4.79 Å². The van der Waals surface area contributed by atoms with Gasteiger partial charge in [-0.1, -0.05) is 70.9 Å². The fourth-order valence-corrected chi connectivity index (χ4v) is 2.22. The minimum atomic E-state index is -0.667.